The summed E-state index contributed by atoms with van der Waals surface area (Å²) in [6.07, 6.45) is 6.03. The van der Waals surface area contributed by atoms with Gasteiger partial charge in [0, 0.05) is 56.6 Å². The molecule has 2 aromatic carbocycles. The molecule has 4 saturated heterocycles. The molecule has 3 aromatic rings. The second-order valence-corrected chi connectivity index (χ2v) is 13.9. The maximum absolute atomic E-state index is 15.2. The Morgan fingerprint density at radius 2 is 1.70 bits per heavy atom. The zero-order valence-corrected chi connectivity index (χ0v) is 29.5. The number of carboxylic acid groups (broad SMARTS) is 1. The number of ether oxygens (including phenoxy) is 3. The summed E-state index contributed by atoms with van der Waals surface area (Å²) in [5.74, 6) is -0.645. The van der Waals surface area contributed by atoms with Gasteiger partial charge in [-0.2, -0.15) is 0 Å². The third-order valence-corrected chi connectivity index (χ3v) is 10.4. The van der Waals surface area contributed by atoms with Gasteiger partial charge in [-0.05, 0) is 82.2 Å². The van der Waals surface area contributed by atoms with E-state index < -0.39 is 17.4 Å². The molecule has 1 unspecified atom stereocenters. The van der Waals surface area contributed by atoms with Gasteiger partial charge in [0.15, 0.2) is 0 Å². The van der Waals surface area contributed by atoms with Crippen molar-refractivity contribution in [3.05, 3.63) is 58.1 Å². The van der Waals surface area contributed by atoms with Gasteiger partial charge >= 0.3 is 0 Å². The summed E-state index contributed by atoms with van der Waals surface area (Å²) in [5.41, 5.74) is 0.777. The van der Waals surface area contributed by atoms with Gasteiger partial charge in [-0.25, -0.2) is 13.8 Å². The summed E-state index contributed by atoms with van der Waals surface area (Å²) < 4.78 is 47.4. The Morgan fingerprint density at radius 3 is 2.40 bits per heavy atom. The number of nitrogens with one attached hydrogen (secondary N) is 3. The van der Waals surface area contributed by atoms with E-state index in [2.05, 4.69) is 30.4 Å². The fraction of sp³-hybridized carbons (Fsp3) is 0.541. The van der Waals surface area contributed by atoms with Gasteiger partial charge in [0.25, 0.3) is 12.0 Å². The Kier molecular flexibility index (Phi) is 12.9. The van der Waals surface area contributed by atoms with E-state index in [1.807, 2.05) is 0 Å². The average molecular weight is 741 g/mol. The van der Waals surface area contributed by atoms with Crippen LogP contribution >= 0.6 is 0 Å². The number of imide groups is 1. The summed E-state index contributed by atoms with van der Waals surface area (Å²) in [5, 5.41) is 12.2. The highest BCUT2D eigenvalue weighted by Crippen LogP contribution is 2.30. The molecule has 286 valence electrons. The standard InChI is InChI=1S/C36H44F2N6O6.CH2O2/c37-27-17-23(39-29-2-4-33(45)42-35(29)46)1-3-31(27)44-13-7-24(8-14-44)43-11-5-22(6-12-43)20-49-26-18-28(38)34-30(19-26)40-32(41-36(34)47)21-50-25-9-15-48-16-10-25;2-1-3/h1,3,17-19,22,24-25,29,39H,2,4-16,20-21H2,(H,40,41,47)(H,42,45,46);1H,(H,2,3). The van der Waals surface area contributed by atoms with Gasteiger partial charge in [-0.3, -0.25) is 24.5 Å². The zero-order chi connectivity index (χ0) is 37.3. The second-order valence-electron chi connectivity index (χ2n) is 13.9. The number of hydrogen-bond donors (Lipinski definition) is 4. The first-order valence-corrected chi connectivity index (χ1v) is 18.2. The van der Waals surface area contributed by atoms with Crippen LogP contribution in [0.4, 0.5) is 20.2 Å². The number of aromatic amines is 1. The topological polar surface area (TPSA) is 175 Å². The van der Waals surface area contributed by atoms with Crippen LogP contribution in [0.25, 0.3) is 10.9 Å². The molecule has 4 aliphatic rings. The Morgan fingerprint density at radius 1 is 0.962 bits per heavy atom. The van der Waals surface area contributed by atoms with Crippen molar-refractivity contribution in [3.63, 3.8) is 0 Å². The predicted molar refractivity (Wildman–Crippen MR) is 191 cm³/mol. The van der Waals surface area contributed by atoms with Gasteiger partial charge in [-0.15, -0.1) is 0 Å². The molecule has 53 heavy (non-hydrogen) atoms. The van der Waals surface area contributed by atoms with E-state index >= 15 is 4.39 Å². The van der Waals surface area contributed by atoms with E-state index in [1.165, 1.54) is 12.1 Å². The lowest BCUT2D eigenvalue weighted by atomic mass is 9.94. The van der Waals surface area contributed by atoms with Crippen LogP contribution in [-0.2, 0) is 30.5 Å². The number of carbonyl (C=O) groups excluding carboxylic acids is 2. The third kappa shape index (κ3) is 9.86. The fourth-order valence-corrected chi connectivity index (χ4v) is 7.50. The number of likely N-dealkylation sites (tertiary alicyclic amines) is 1. The third-order valence-electron chi connectivity index (χ3n) is 10.4. The Bertz CT molecular complexity index is 1810. The zero-order valence-electron chi connectivity index (χ0n) is 29.5. The molecular weight excluding hydrogens is 694 g/mol. The summed E-state index contributed by atoms with van der Waals surface area (Å²) in [4.78, 5) is 56.2. The second kappa shape index (κ2) is 17.9. The number of benzene rings is 2. The van der Waals surface area contributed by atoms with Crippen molar-refractivity contribution in [3.8, 4) is 5.75 Å². The van der Waals surface area contributed by atoms with E-state index in [-0.39, 0.29) is 54.1 Å². The number of halogens is 2. The van der Waals surface area contributed by atoms with Gasteiger partial charge < -0.3 is 39.4 Å². The van der Waals surface area contributed by atoms with E-state index in [4.69, 9.17) is 24.1 Å². The lowest BCUT2D eigenvalue weighted by Gasteiger charge is -2.42. The summed E-state index contributed by atoms with van der Waals surface area (Å²) in [7, 11) is 0. The van der Waals surface area contributed by atoms with Crippen molar-refractivity contribution in [2.75, 3.05) is 56.2 Å². The lowest BCUT2D eigenvalue weighted by Crippen LogP contribution is -2.48. The summed E-state index contributed by atoms with van der Waals surface area (Å²) >= 11 is 0. The molecule has 0 bridgehead atoms. The van der Waals surface area contributed by atoms with E-state index in [0.717, 1.165) is 64.7 Å². The number of aromatic nitrogens is 2. The number of nitrogens with zero attached hydrogens (tertiary/aromatic N) is 3. The molecule has 1 aromatic heterocycles. The summed E-state index contributed by atoms with van der Waals surface area (Å²) in [6.45, 7) is 5.00. The van der Waals surface area contributed by atoms with Gasteiger partial charge in [0.2, 0.25) is 11.8 Å². The first-order chi connectivity index (χ1) is 25.7. The van der Waals surface area contributed by atoms with E-state index in [0.29, 0.717) is 61.1 Å². The van der Waals surface area contributed by atoms with E-state index in [1.54, 1.807) is 18.2 Å². The van der Waals surface area contributed by atoms with E-state index in [9.17, 15) is 18.8 Å². The molecule has 0 aliphatic carbocycles. The quantitative estimate of drug-likeness (QED) is 0.176. The van der Waals surface area contributed by atoms with Crippen molar-refractivity contribution >= 4 is 40.6 Å². The fourth-order valence-electron chi connectivity index (χ4n) is 7.50. The number of anilines is 2. The Hall–Kier alpha value is -4.67. The van der Waals surface area contributed by atoms with Crippen LogP contribution in [0.3, 0.4) is 0 Å². The Labute approximate surface area is 305 Å². The molecule has 16 heteroatoms. The molecule has 4 fully saturated rings. The smallest absolute Gasteiger partial charge is 0.290 e. The maximum atomic E-state index is 15.2. The molecule has 7 rings (SSSR count). The summed E-state index contributed by atoms with van der Waals surface area (Å²) in [6, 6.07) is 7.70. The van der Waals surface area contributed by atoms with Gasteiger partial charge in [0.05, 0.1) is 23.9 Å². The predicted octanol–water partition coefficient (Wildman–Crippen LogP) is 3.57. The number of piperidine rings is 3. The first kappa shape index (κ1) is 38.1. The van der Waals surface area contributed by atoms with Crippen molar-refractivity contribution in [2.24, 2.45) is 5.92 Å². The molecule has 2 amide bonds. The van der Waals surface area contributed by atoms with Crippen molar-refractivity contribution < 1.29 is 42.5 Å². The van der Waals surface area contributed by atoms with Crippen LogP contribution in [-0.4, -0.2) is 102 Å². The number of hydrogen-bond acceptors (Lipinski definition) is 11. The number of fused-ring (bicyclic) bond motifs is 1. The number of rotatable bonds is 10. The SMILES string of the molecule is O=C1CCC(Nc2ccc(N3CCC(N4CCC(COc5cc(F)c6c(=O)[nH]c(COC7CCOCC7)nc6c5)CC4)CC3)c(F)c2)C(=O)N1.O=CO. The molecule has 5 heterocycles. The molecule has 4 N–H and O–H groups in total. The van der Waals surface area contributed by atoms with Crippen LogP contribution in [0.5, 0.6) is 5.75 Å². The minimum absolute atomic E-state index is 0.0438. The van der Waals surface area contributed by atoms with Gasteiger partial charge in [0.1, 0.15) is 41.2 Å². The average Bonchev–Trinajstić information content (AvgIpc) is 3.15. The number of carbonyl (C=O) groups is 3. The first-order valence-electron chi connectivity index (χ1n) is 18.2. The van der Waals surface area contributed by atoms with Crippen LogP contribution in [0, 0.1) is 17.6 Å². The minimum atomic E-state index is -0.663. The van der Waals surface area contributed by atoms with Crippen LogP contribution in [0.1, 0.15) is 57.2 Å². The number of H-pyrrole nitrogens is 1. The molecule has 1 atom stereocenters. The van der Waals surface area contributed by atoms with Gasteiger partial charge in [-0.1, -0.05) is 0 Å². The number of amides is 2. The monoisotopic (exact) mass is 740 g/mol. The molecule has 0 saturated carbocycles. The largest absolute Gasteiger partial charge is 0.493 e. The van der Waals surface area contributed by atoms with Crippen LogP contribution in [0.2, 0.25) is 0 Å². The molecule has 0 spiro atoms. The van der Waals surface area contributed by atoms with Crippen molar-refractivity contribution in [1.82, 2.24) is 20.2 Å². The maximum Gasteiger partial charge on any atom is 0.290 e. The minimum Gasteiger partial charge on any atom is -0.493 e. The van der Waals surface area contributed by atoms with Crippen LogP contribution in [0.15, 0.2) is 35.1 Å². The lowest BCUT2D eigenvalue weighted by molar-refractivity contribution is -0.133. The Balaban J connectivity index is 0.00000155. The molecule has 0 radical (unpaired) electrons. The molecular formula is C37H46F2N6O8. The highest BCUT2D eigenvalue weighted by Gasteiger charge is 2.30. The highest BCUT2D eigenvalue weighted by atomic mass is 19.1. The normalized spacial score (nSPS) is 20.8. The van der Waals surface area contributed by atoms with Crippen molar-refractivity contribution in [2.45, 2.75) is 76.2 Å². The van der Waals surface area contributed by atoms with Crippen molar-refractivity contribution in [1.29, 1.82) is 0 Å². The molecule has 4 aliphatic heterocycles. The highest BCUT2D eigenvalue weighted by molar-refractivity contribution is 6.01. The van der Waals surface area contributed by atoms with Crippen LogP contribution < -0.4 is 25.8 Å². The molecule has 14 nitrogen and oxygen atoms in total.